The summed E-state index contributed by atoms with van der Waals surface area (Å²) in [7, 11) is 0. The minimum atomic E-state index is -0.420. The molecule has 0 saturated carbocycles. The highest BCUT2D eigenvalue weighted by Gasteiger charge is 2.41. The molecule has 0 aliphatic carbocycles. The van der Waals surface area contributed by atoms with E-state index in [1.807, 2.05) is 40.7 Å². The van der Waals surface area contributed by atoms with Gasteiger partial charge in [0.1, 0.15) is 23.6 Å². The lowest BCUT2D eigenvalue weighted by molar-refractivity contribution is -0.152. The van der Waals surface area contributed by atoms with Crippen molar-refractivity contribution in [1.29, 1.82) is 0 Å². The monoisotopic (exact) mass is 292 g/mol. The molecule has 0 spiro atoms. The van der Waals surface area contributed by atoms with Gasteiger partial charge in [-0.3, -0.25) is 9.59 Å². The zero-order valence-electron chi connectivity index (χ0n) is 13.4. The van der Waals surface area contributed by atoms with Crippen LogP contribution in [0.1, 0.15) is 56.7 Å². The first-order chi connectivity index (χ1) is 9.90. The predicted octanol–water partition coefficient (Wildman–Crippen LogP) is 2.47. The van der Waals surface area contributed by atoms with Crippen LogP contribution in [0, 0.1) is 13.8 Å². The van der Waals surface area contributed by atoms with Gasteiger partial charge in [-0.05, 0) is 39.7 Å². The largest absolute Gasteiger partial charge is 0.466 e. The number of nitrogens with zero attached hydrogens (tertiary/aromatic N) is 1. The van der Waals surface area contributed by atoms with E-state index in [1.54, 1.807) is 4.90 Å². The zero-order valence-corrected chi connectivity index (χ0v) is 13.4. The minimum absolute atomic E-state index is 0.00490. The summed E-state index contributed by atoms with van der Waals surface area (Å²) in [5.41, 5.74) is 0.976. The minimum Gasteiger partial charge on any atom is -0.466 e. The average molecular weight is 292 g/mol. The Morgan fingerprint density at radius 3 is 2.43 bits per heavy atom. The summed E-state index contributed by atoms with van der Waals surface area (Å²) >= 11 is 0. The molecule has 21 heavy (non-hydrogen) atoms. The van der Waals surface area contributed by atoms with Gasteiger partial charge in [-0.25, -0.2) is 0 Å². The standard InChI is InChI=1S/C16H24N2O3/c1-6-13-16(20)18(14(7-2)15(19)17-13)10(4)12-8-9(3)21-11(12)5/h8,10,13-14H,6-7H2,1-5H3,(H,17,19). The van der Waals surface area contributed by atoms with E-state index in [1.165, 1.54) is 0 Å². The number of rotatable bonds is 4. The zero-order chi connectivity index (χ0) is 15.7. The summed E-state index contributed by atoms with van der Waals surface area (Å²) in [6, 6.07) is 0.953. The fourth-order valence-electron chi connectivity index (χ4n) is 3.12. The molecule has 1 fully saturated rings. The van der Waals surface area contributed by atoms with Crippen molar-refractivity contribution in [3.05, 3.63) is 23.2 Å². The van der Waals surface area contributed by atoms with Crippen molar-refractivity contribution >= 4 is 11.8 Å². The molecule has 1 aromatic rings. The Hall–Kier alpha value is -1.78. The number of furan rings is 1. The Labute approximate surface area is 125 Å². The van der Waals surface area contributed by atoms with E-state index in [2.05, 4.69) is 5.32 Å². The van der Waals surface area contributed by atoms with E-state index >= 15 is 0 Å². The maximum atomic E-state index is 12.7. The maximum Gasteiger partial charge on any atom is 0.246 e. The molecule has 3 atom stereocenters. The number of nitrogens with one attached hydrogen (secondary N) is 1. The van der Waals surface area contributed by atoms with E-state index < -0.39 is 12.1 Å². The molecule has 2 amide bonds. The summed E-state index contributed by atoms with van der Waals surface area (Å²) in [5, 5.41) is 2.82. The number of amides is 2. The van der Waals surface area contributed by atoms with Gasteiger partial charge in [0.15, 0.2) is 0 Å². The molecule has 2 rings (SSSR count). The molecule has 1 N–H and O–H groups in total. The van der Waals surface area contributed by atoms with Crippen LogP contribution in [0.4, 0.5) is 0 Å². The number of hydrogen-bond acceptors (Lipinski definition) is 3. The summed E-state index contributed by atoms with van der Waals surface area (Å²) in [6.45, 7) is 9.58. The van der Waals surface area contributed by atoms with E-state index in [0.717, 1.165) is 17.1 Å². The third kappa shape index (κ3) is 2.69. The van der Waals surface area contributed by atoms with Gasteiger partial charge in [-0.2, -0.15) is 0 Å². The third-order valence-electron chi connectivity index (χ3n) is 4.25. The summed E-state index contributed by atoms with van der Waals surface area (Å²) < 4.78 is 5.57. The maximum absolute atomic E-state index is 12.7. The van der Waals surface area contributed by atoms with Crippen molar-refractivity contribution < 1.29 is 14.0 Å². The molecule has 1 saturated heterocycles. The first-order valence-electron chi connectivity index (χ1n) is 7.60. The van der Waals surface area contributed by atoms with Crippen LogP contribution in [0.15, 0.2) is 10.5 Å². The topological polar surface area (TPSA) is 62.6 Å². The molecular formula is C16H24N2O3. The van der Waals surface area contributed by atoms with Crippen molar-refractivity contribution in [2.24, 2.45) is 0 Å². The van der Waals surface area contributed by atoms with Gasteiger partial charge in [0.05, 0.1) is 6.04 Å². The van der Waals surface area contributed by atoms with E-state index in [9.17, 15) is 9.59 Å². The number of carbonyl (C=O) groups excluding carboxylic acids is 2. The smallest absolute Gasteiger partial charge is 0.246 e. The van der Waals surface area contributed by atoms with Crippen LogP contribution in [-0.2, 0) is 9.59 Å². The Kier molecular flexibility index (Phi) is 4.40. The lowest BCUT2D eigenvalue weighted by Crippen LogP contribution is -2.63. The first kappa shape index (κ1) is 15.6. The molecule has 2 heterocycles. The van der Waals surface area contributed by atoms with Crippen LogP contribution >= 0.6 is 0 Å². The normalized spacial score (nSPS) is 24.1. The number of piperazine rings is 1. The highest BCUT2D eigenvalue weighted by molar-refractivity contribution is 5.97. The van der Waals surface area contributed by atoms with Crippen molar-refractivity contribution in [1.82, 2.24) is 10.2 Å². The summed E-state index contributed by atoms with van der Waals surface area (Å²) in [5.74, 6) is 1.56. The van der Waals surface area contributed by atoms with Gasteiger partial charge in [0.25, 0.3) is 0 Å². The van der Waals surface area contributed by atoms with Crippen LogP contribution in [0.25, 0.3) is 0 Å². The molecule has 0 bridgehead atoms. The molecule has 5 nitrogen and oxygen atoms in total. The SMILES string of the molecule is CCC1NC(=O)C(CC)N(C(C)c2cc(C)oc2C)C1=O. The number of aryl methyl sites for hydroxylation is 2. The number of carbonyl (C=O) groups is 2. The van der Waals surface area contributed by atoms with E-state index in [0.29, 0.717) is 12.8 Å². The second-order valence-electron chi connectivity index (χ2n) is 5.68. The van der Waals surface area contributed by atoms with Gasteiger partial charge >= 0.3 is 0 Å². The Morgan fingerprint density at radius 1 is 1.29 bits per heavy atom. The first-order valence-corrected chi connectivity index (χ1v) is 7.60. The molecule has 0 aromatic carbocycles. The van der Waals surface area contributed by atoms with Gasteiger partial charge < -0.3 is 14.6 Å². The fraction of sp³-hybridized carbons (Fsp3) is 0.625. The lowest BCUT2D eigenvalue weighted by atomic mass is 9.98. The molecular weight excluding hydrogens is 268 g/mol. The molecule has 116 valence electrons. The molecule has 3 unspecified atom stereocenters. The predicted molar refractivity (Wildman–Crippen MR) is 79.7 cm³/mol. The number of hydrogen-bond donors (Lipinski definition) is 1. The fourth-order valence-corrected chi connectivity index (χ4v) is 3.12. The van der Waals surface area contributed by atoms with Gasteiger partial charge in [0.2, 0.25) is 11.8 Å². The Morgan fingerprint density at radius 2 is 1.95 bits per heavy atom. The van der Waals surface area contributed by atoms with Crippen LogP contribution in [-0.4, -0.2) is 28.8 Å². The van der Waals surface area contributed by atoms with Crippen LogP contribution < -0.4 is 5.32 Å². The summed E-state index contributed by atoms with van der Waals surface area (Å²) in [6.07, 6.45) is 1.21. The average Bonchev–Trinajstić information content (AvgIpc) is 2.78. The molecule has 5 heteroatoms. The highest BCUT2D eigenvalue weighted by atomic mass is 16.3. The van der Waals surface area contributed by atoms with Crippen molar-refractivity contribution in [2.75, 3.05) is 0 Å². The van der Waals surface area contributed by atoms with E-state index in [-0.39, 0.29) is 17.9 Å². The van der Waals surface area contributed by atoms with Gasteiger partial charge in [-0.1, -0.05) is 13.8 Å². The van der Waals surface area contributed by atoms with Gasteiger partial charge in [0, 0.05) is 5.56 Å². The van der Waals surface area contributed by atoms with Crippen LogP contribution in [0.5, 0.6) is 0 Å². The van der Waals surface area contributed by atoms with Crippen molar-refractivity contribution in [2.45, 2.75) is 65.6 Å². The second-order valence-corrected chi connectivity index (χ2v) is 5.68. The third-order valence-corrected chi connectivity index (χ3v) is 4.25. The van der Waals surface area contributed by atoms with Gasteiger partial charge in [-0.15, -0.1) is 0 Å². The quantitative estimate of drug-likeness (QED) is 0.927. The van der Waals surface area contributed by atoms with Crippen LogP contribution in [0.3, 0.4) is 0 Å². The van der Waals surface area contributed by atoms with Crippen molar-refractivity contribution in [3.8, 4) is 0 Å². The Bertz CT molecular complexity index is 550. The van der Waals surface area contributed by atoms with Crippen molar-refractivity contribution in [3.63, 3.8) is 0 Å². The molecule has 1 aliphatic heterocycles. The molecule has 1 aliphatic rings. The highest BCUT2D eigenvalue weighted by Crippen LogP contribution is 2.31. The van der Waals surface area contributed by atoms with Crippen LogP contribution in [0.2, 0.25) is 0 Å². The molecule has 1 aromatic heterocycles. The van der Waals surface area contributed by atoms with E-state index in [4.69, 9.17) is 4.42 Å². The second kappa shape index (κ2) is 5.92. The summed E-state index contributed by atoms with van der Waals surface area (Å²) in [4.78, 5) is 26.7. The Balaban J connectivity index is 2.38. The molecule has 0 radical (unpaired) electrons. The lowest BCUT2D eigenvalue weighted by Gasteiger charge is -2.42.